The molecule has 1 aromatic rings. The summed E-state index contributed by atoms with van der Waals surface area (Å²) in [6.45, 7) is 7.15. The number of hydrogen-bond acceptors (Lipinski definition) is 3. The quantitative estimate of drug-likeness (QED) is 0.583. The summed E-state index contributed by atoms with van der Waals surface area (Å²) >= 11 is 6.11. The molecule has 1 unspecified atom stereocenters. The molecule has 106 valence electrons. The highest BCUT2D eigenvalue weighted by Gasteiger charge is 2.15. The van der Waals surface area contributed by atoms with Gasteiger partial charge in [0, 0.05) is 29.7 Å². The smallest absolute Gasteiger partial charge is 0.269 e. The van der Waals surface area contributed by atoms with E-state index >= 15 is 0 Å². The van der Waals surface area contributed by atoms with E-state index in [4.69, 9.17) is 11.6 Å². The van der Waals surface area contributed by atoms with Crippen LogP contribution in [-0.2, 0) is 6.54 Å². The fourth-order valence-electron chi connectivity index (χ4n) is 2.08. The summed E-state index contributed by atoms with van der Waals surface area (Å²) in [5.74, 6) is 0.623. The highest BCUT2D eigenvalue weighted by molar-refractivity contribution is 6.31. The van der Waals surface area contributed by atoms with Gasteiger partial charge in [-0.3, -0.25) is 15.0 Å². The highest BCUT2D eigenvalue weighted by Crippen LogP contribution is 2.24. The van der Waals surface area contributed by atoms with Crippen molar-refractivity contribution in [2.75, 3.05) is 7.05 Å². The van der Waals surface area contributed by atoms with Crippen LogP contribution >= 0.6 is 11.6 Å². The van der Waals surface area contributed by atoms with Gasteiger partial charge in [0.2, 0.25) is 0 Å². The maximum absolute atomic E-state index is 10.8. The molecule has 0 bridgehead atoms. The van der Waals surface area contributed by atoms with Crippen LogP contribution in [-0.4, -0.2) is 22.9 Å². The lowest BCUT2D eigenvalue weighted by molar-refractivity contribution is -0.384. The minimum Gasteiger partial charge on any atom is -0.299 e. The predicted octanol–water partition coefficient (Wildman–Crippen LogP) is 4.11. The molecule has 0 aliphatic rings. The summed E-state index contributed by atoms with van der Waals surface area (Å²) in [5.41, 5.74) is 0.887. The van der Waals surface area contributed by atoms with Crippen LogP contribution in [0, 0.1) is 16.0 Å². The van der Waals surface area contributed by atoms with E-state index in [2.05, 4.69) is 25.7 Å². The van der Waals surface area contributed by atoms with E-state index in [9.17, 15) is 10.1 Å². The normalized spacial score (nSPS) is 13.0. The molecule has 0 radical (unpaired) electrons. The number of rotatable bonds is 6. The van der Waals surface area contributed by atoms with E-state index in [-0.39, 0.29) is 5.69 Å². The first-order valence-electron chi connectivity index (χ1n) is 6.44. The van der Waals surface area contributed by atoms with Gasteiger partial charge in [0.15, 0.2) is 0 Å². The van der Waals surface area contributed by atoms with E-state index in [0.29, 0.717) is 23.5 Å². The Morgan fingerprint density at radius 3 is 2.53 bits per heavy atom. The lowest BCUT2D eigenvalue weighted by Crippen LogP contribution is -2.29. The summed E-state index contributed by atoms with van der Waals surface area (Å²) in [6, 6.07) is 5.00. The summed E-state index contributed by atoms with van der Waals surface area (Å²) in [6.07, 6.45) is 1.09. The third-order valence-corrected chi connectivity index (χ3v) is 3.59. The molecule has 4 nitrogen and oxygen atoms in total. The second-order valence-corrected chi connectivity index (χ2v) is 5.83. The Bertz CT molecular complexity index is 449. The maximum Gasteiger partial charge on any atom is 0.269 e. The van der Waals surface area contributed by atoms with Crippen LogP contribution in [0.1, 0.15) is 32.8 Å². The van der Waals surface area contributed by atoms with E-state index < -0.39 is 4.92 Å². The van der Waals surface area contributed by atoms with Crippen LogP contribution in [0.4, 0.5) is 5.69 Å². The maximum atomic E-state index is 10.8. The number of nitro benzene ring substituents is 1. The van der Waals surface area contributed by atoms with Crippen molar-refractivity contribution in [3.05, 3.63) is 38.9 Å². The van der Waals surface area contributed by atoms with Crippen molar-refractivity contribution in [1.82, 2.24) is 4.90 Å². The van der Waals surface area contributed by atoms with Crippen molar-refractivity contribution in [2.45, 2.75) is 39.8 Å². The van der Waals surface area contributed by atoms with Gasteiger partial charge in [-0.15, -0.1) is 0 Å². The minimum atomic E-state index is -0.391. The molecule has 0 amide bonds. The third kappa shape index (κ3) is 4.80. The largest absolute Gasteiger partial charge is 0.299 e. The molecule has 0 heterocycles. The Morgan fingerprint density at radius 1 is 1.37 bits per heavy atom. The Labute approximate surface area is 119 Å². The highest BCUT2D eigenvalue weighted by atomic mass is 35.5. The summed E-state index contributed by atoms with van der Waals surface area (Å²) in [7, 11) is 2.02. The fraction of sp³-hybridized carbons (Fsp3) is 0.571. The van der Waals surface area contributed by atoms with E-state index in [1.165, 1.54) is 6.07 Å². The first-order chi connectivity index (χ1) is 8.81. The first-order valence-corrected chi connectivity index (χ1v) is 6.82. The van der Waals surface area contributed by atoms with Crippen molar-refractivity contribution in [2.24, 2.45) is 5.92 Å². The van der Waals surface area contributed by atoms with Crippen LogP contribution in [0.3, 0.4) is 0 Å². The second-order valence-electron chi connectivity index (χ2n) is 5.43. The molecule has 1 aromatic carbocycles. The summed E-state index contributed by atoms with van der Waals surface area (Å²) < 4.78 is 0. The molecular weight excluding hydrogens is 264 g/mol. The molecule has 0 saturated heterocycles. The van der Waals surface area contributed by atoms with Gasteiger partial charge in [-0.05, 0) is 37.9 Å². The zero-order chi connectivity index (χ0) is 14.6. The minimum absolute atomic E-state index is 0.0873. The predicted molar refractivity (Wildman–Crippen MR) is 78.5 cm³/mol. The van der Waals surface area contributed by atoms with Crippen molar-refractivity contribution in [3.8, 4) is 0 Å². The Kier molecular flexibility index (Phi) is 5.76. The number of nitro groups is 1. The monoisotopic (exact) mass is 284 g/mol. The van der Waals surface area contributed by atoms with Crippen molar-refractivity contribution in [1.29, 1.82) is 0 Å². The molecule has 0 aliphatic carbocycles. The molecule has 5 heteroatoms. The molecule has 0 saturated carbocycles. The van der Waals surface area contributed by atoms with Crippen LogP contribution < -0.4 is 0 Å². The van der Waals surface area contributed by atoms with E-state index in [1.54, 1.807) is 12.1 Å². The molecule has 0 spiro atoms. The Morgan fingerprint density at radius 2 is 2.00 bits per heavy atom. The number of nitrogens with zero attached hydrogens (tertiary/aromatic N) is 2. The van der Waals surface area contributed by atoms with Gasteiger partial charge < -0.3 is 0 Å². The average molecular weight is 285 g/mol. The molecule has 0 fully saturated rings. The van der Waals surface area contributed by atoms with Gasteiger partial charge in [-0.1, -0.05) is 25.4 Å². The van der Waals surface area contributed by atoms with Crippen LogP contribution in [0.25, 0.3) is 0 Å². The van der Waals surface area contributed by atoms with Crippen molar-refractivity contribution < 1.29 is 4.92 Å². The van der Waals surface area contributed by atoms with Gasteiger partial charge in [0.25, 0.3) is 5.69 Å². The number of halogens is 1. The second kappa shape index (κ2) is 6.87. The molecule has 0 aromatic heterocycles. The first kappa shape index (κ1) is 15.9. The Balaban J connectivity index is 2.80. The van der Waals surface area contributed by atoms with Gasteiger partial charge in [-0.25, -0.2) is 0 Å². The zero-order valence-corrected chi connectivity index (χ0v) is 12.6. The molecule has 19 heavy (non-hydrogen) atoms. The lowest BCUT2D eigenvalue weighted by Gasteiger charge is -2.26. The molecule has 0 aliphatic heterocycles. The summed E-state index contributed by atoms with van der Waals surface area (Å²) in [5, 5.41) is 11.4. The average Bonchev–Trinajstić information content (AvgIpc) is 2.30. The standard InChI is InChI=1S/C14H21ClN2O2/c1-10(2)7-11(3)16(4)9-12-8-13(17(18)19)5-6-14(12)15/h5-6,8,10-11H,7,9H2,1-4H3. The van der Waals surface area contributed by atoms with Crippen molar-refractivity contribution >= 4 is 17.3 Å². The number of benzene rings is 1. The molecular formula is C14H21ClN2O2. The zero-order valence-electron chi connectivity index (χ0n) is 11.9. The molecule has 1 rings (SSSR count). The number of non-ortho nitro benzene ring substituents is 1. The SMILES string of the molecule is CC(C)CC(C)N(C)Cc1cc([N+](=O)[O-])ccc1Cl. The number of hydrogen-bond donors (Lipinski definition) is 0. The van der Waals surface area contributed by atoms with Gasteiger partial charge in [-0.2, -0.15) is 0 Å². The van der Waals surface area contributed by atoms with Crippen LogP contribution in [0.5, 0.6) is 0 Å². The summed E-state index contributed by atoms with van der Waals surface area (Å²) in [4.78, 5) is 12.6. The van der Waals surface area contributed by atoms with E-state index in [0.717, 1.165) is 12.0 Å². The fourth-order valence-corrected chi connectivity index (χ4v) is 2.26. The molecule has 1 atom stereocenters. The van der Waals surface area contributed by atoms with Gasteiger partial charge in [0.05, 0.1) is 4.92 Å². The van der Waals surface area contributed by atoms with Crippen LogP contribution in [0.2, 0.25) is 5.02 Å². The van der Waals surface area contributed by atoms with Crippen molar-refractivity contribution in [3.63, 3.8) is 0 Å². The van der Waals surface area contributed by atoms with E-state index in [1.807, 2.05) is 7.05 Å². The Hall–Kier alpha value is -1.13. The van der Waals surface area contributed by atoms with Crippen LogP contribution in [0.15, 0.2) is 18.2 Å². The van der Waals surface area contributed by atoms with Gasteiger partial charge in [0.1, 0.15) is 0 Å². The third-order valence-electron chi connectivity index (χ3n) is 3.22. The molecule has 0 N–H and O–H groups in total. The lowest BCUT2D eigenvalue weighted by atomic mass is 10.0. The van der Waals surface area contributed by atoms with Gasteiger partial charge >= 0.3 is 0 Å². The topological polar surface area (TPSA) is 46.4 Å².